The lowest BCUT2D eigenvalue weighted by Gasteiger charge is -2.06. The maximum atomic E-state index is 6.08. The van der Waals surface area contributed by atoms with Crippen LogP contribution in [0.4, 0.5) is 17.1 Å². The molecule has 2 aromatic rings. The van der Waals surface area contributed by atoms with Gasteiger partial charge in [-0.2, -0.15) is 5.11 Å². The molecule has 0 bridgehead atoms. The van der Waals surface area contributed by atoms with E-state index < -0.39 is 0 Å². The molecule has 0 heterocycles. The number of hydrogen-bond acceptors (Lipinski definition) is 4. The van der Waals surface area contributed by atoms with Gasteiger partial charge in [0.05, 0.1) is 17.3 Å². The fourth-order valence-corrected chi connectivity index (χ4v) is 2.62. The number of hydrogen-bond donors (Lipinski definition) is 1. The first-order chi connectivity index (χ1) is 12.2. The first kappa shape index (κ1) is 19.3. The summed E-state index contributed by atoms with van der Waals surface area (Å²) in [6.45, 7) is 2.99. The normalized spacial score (nSPS) is 11.1. The average molecular weight is 360 g/mol. The third-order valence-electron chi connectivity index (χ3n) is 3.85. The average Bonchev–Trinajstić information content (AvgIpc) is 2.61. The summed E-state index contributed by atoms with van der Waals surface area (Å²) in [5.41, 5.74) is 7.61. The number of benzene rings is 2. The van der Waals surface area contributed by atoms with Gasteiger partial charge in [0, 0.05) is 5.69 Å². The van der Waals surface area contributed by atoms with E-state index in [2.05, 4.69) is 17.2 Å². The maximum Gasteiger partial charge on any atom is 0.119 e. The predicted octanol–water partition coefficient (Wildman–Crippen LogP) is 7.08. The molecule has 0 spiro atoms. The second-order valence-electron chi connectivity index (χ2n) is 6.02. The molecular weight excluding hydrogens is 334 g/mol. The predicted molar refractivity (Wildman–Crippen MR) is 105 cm³/mol. The van der Waals surface area contributed by atoms with Crippen molar-refractivity contribution in [1.29, 1.82) is 0 Å². The highest BCUT2D eigenvalue weighted by molar-refractivity contribution is 6.33. The first-order valence-corrected chi connectivity index (χ1v) is 9.26. The highest BCUT2D eigenvalue weighted by Gasteiger charge is 2.00. The van der Waals surface area contributed by atoms with Crippen LogP contribution in [0, 0.1) is 0 Å². The summed E-state index contributed by atoms with van der Waals surface area (Å²) in [6, 6.07) is 12.7. The third-order valence-corrected chi connectivity index (χ3v) is 4.15. The summed E-state index contributed by atoms with van der Waals surface area (Å²) in [5.74, 6) is 0.859. The van der Waals surface area contributed by atoms with Crippen molar-refractivity contribution in [1.82, 2.24) is 0 Å². The fourth-order valence-electron chi connectivity index (χ4n) is 2.40. The van der Waals surface area contributed by atoms with Gasteiger partial charge in [0.2, 0.25) is 0 Å². The second kappa shape index (κ2) is 10.7. The minimum atomic E-state index is 0.489. The van der Waals surface area contributed by atoms with Crippen molar-refractivity contribution in [3.05, 3.63) is 47.5 Å². The van der Waals surface area contributed by atoms with Gasteiger partial charge in [-0.1, -0.05) is 50.6 Å². The lowest BCUT2D eigenvalue weighted by atomic mass is 10.1. The Morgan fingerprint density at radius 2 is 1.64 bits per heavy atom. The molecule has 0 aromatic heterocycles. The van der Waals surface area contributed by atoms with E-state index in [1.165, 1.54) is 32.1 Å². The Morgan fingerprint density at radius 3 is 2.36 bits per heavy atom. The number of unbranched alkanes of at least 4 members (excludes halogenated alkanes) is 5. The van der Waals surface area contributed by atoms with Crippen LogP contribution < -0.4 is 10.5 Å². The lowest BCUT2D eigenvalue weighted by molar-refractivity contribution is 0.304. The van der Waals surface area contributed by atoms with E-state index >= 15 is 0 Å². The number of nitrogens with two attached hydrogens (primary N) is 1. The van der Waals surface area contributed by atoms with Crippen LogP contribution in [0.2, 0.25) is 5.02 Å². The van der Waals surface area contributed by atoms with Crippen LogP contribution in [0.1, 0.15) is 45.4 Å². The minimum absolute atomic E-state index is 0.489. The van der Waals surface area contributed by atoms with Gasteiger partial charge in [-0.3, -0.25) is 0 Å². The van der Waals surface area contributed by atoms with Crippen molar-refractivity contribution in [3.8, 4) is 5.75 Å². The van der Waals surface area contributed by atoms with Crippen molar-refractivity contribution in [2.75, 3.05) is 12.3 Å². The topological polar surface area (TPSA) is 60.0 Å². The monoisotopic (exact) mass is 359 g/mol. The van der Waals surface area contributed by atoms with E-state index in [0.29, 0.717) is 16.4 Å². The Balaban J connectivity index is 1.76. The zero-order valence-electron chi connectivity index (χ0n) is 14.7. The van der Waals surface area contributed by atoms with Gasteiger partial charge in [-0.15, -0.1) is 5.11 Å². The van der Waals surface area contributed by atoms with Crippen LogP contribution >= 0.6 is 11.6 Å². The number of ether oxygens (including phenoxy) is 1. The highest BCUT2D eigenvalue weighted by atomic mass is 35.5. The van der Waals surface area contributed by atoms with Gasteiger partial charge in [0.1, 0.15) is 11.4 Å². The van der Waals surface area contributed by atoms with E-state index in [1.54, 1.807) is 18.2 Å². The largest absolute Gasteiger partial charge is 0.494 e. The minimum Gasteiger partial charge on any atom is -0.494 e. The molecule has 0 radical (unpaired) electrons. The van der Waals surface area contributed by atoms with Crippen LogP contribution in [0.25, 0.3) is 0 Å². The van der Waals surface area contributed by atoms with Crippen LogP contribution in [-0.2, 0) is 0 Å². The quantitative estimate of drug-likeness (QED) is 0.280. The smallest absolute Gasteiger partial charge is 0.119 e. The molecule has 2 aromatic carbocycles. The summed E-state index contributed by atoms with van der Waals surface area (Å²) in [7, 11) is 0. The number of anilines is 1. The maximum absolute atomic E-state index is 6.08. The molecule has 5 heteroatoms. The van der Waals surface area contributed by atoms with Gasteiger partial charge >= 0.3 is 0 Å². The van der Waals surface area contributed by atoms with E-state index in [9.17, 15) is 0 Å². The Bertz CT molecular complexity index is 671. The third kappa shape index (κ3) is 7.14. The van der Waals surface area contributed by atoms with E-state index in [4.69, 9.17) is 22.1 Å². The van der Waals surface area contributed by atoms with Crippen molar-refractivity contribution < 1.29 is 4.74 Å². The number of halogens is 1. The molecule has 4 nitrogen and oxygen atoms in total. The van der Waals surface area contributed by atoms with Crippen LogP contribution in [0.15, 0.2) is 52.7 Å². The molecule has 0 aliphatic carbocycles. The van der Waals surface area contributed by atoms with E-state index in [-0.39, 0.29) is 0 Å². The molecule has 0 aliphatic rings. The molecule has 0 saturated carbocycles. The second-order valence-corrected chi connectivity index (χ2v) is 6.43. The van der Waals surface area contributed by atoms with Gasteiger partial charge < -0.3 is 10.5 Å². The summed E-state index contributed by atoms with van der Waals surface area (Å²) in [4.78, 5) is 0. The van der Waals surface area contributed by atoms with Crippen LogP contribution in [-0.4, -0.2) is 6.61 Å². The van der Waals surface area contributed by atoms with Crippen molar-refractivity contribution in [2.24, 2.45) is 10.2 Å². The van der Waals surface area contributed by atoms with Gasteiger partial charge in [-0.25, -0.2) is 0 Å². The molecule has 2 N–H and O–H groups in total. The molecule has 0 fully saturated rings. The lowest BCUT2D eigenvalue weighted by Crippen LogP contribution is -1.96. The number of nitrogen functional groups attached to an aromatic ring is 1. The number of azo groups is 1. The Morgan fingerprint density at radius 1 is 0.920 bits per heavy atom. The highest BCUT2D eigenvalue weighted by Crippen LogP contribution is 2.29. The molecule has 0 amide bonds. The van der Waals surface area contributed by atoms with Crippen molar-refractivity contribution in [2.45, 2.75) is 45.4 Å². The first-order valence-electron chi connectivity index (χ1n) is 8.88. The molecule has 2 rings (SSSR count). The van der Waals surface area contributed by atoms with E-state index in [0.717, 1.165) is 24.5 Å². The van der Waals surface area contributed by atoms with E-state index in [1.807, 2.05) is 24.3 Å². The van der Waals surface area contributed by atoms with Crippen LogP contribution in [0.5, 0.6) is 5.75 Å². The van der Waals surface area contributed by atoms with Gasteiger partial charge in [0.15, 0.2) is 0 Å². The van der Waals surface area contributed by atoms with Gasteiger partial charge in [-0.05, 0) is 48.9 Å². The summed E-state index contributed by atoms with van der Waals surface area (Å²) in [6.07, 6.45) is 7.57. The van der Waals surface area contributed by atoms with Crippen molar-refractivity contribution >= 4 is 28.7 Å². The molecule has 0 unspecified atom stereocenters. The fraction of sp³-hybridized carbons (Fsp3) is 0.400. The SMILES string of the molecule is CCCCCCCCOc1ccc(N=Nc2ccc(N)cc2Cl)cc1. The van der Waals surface area contributed by atoms with Crippen molar-refractivity contribution in [3.63, 3.8) is 0 Å². The van der Waals surface area contributed by atoms with Crippen LogP contribution in [0.3, 0.4) is 0 Å². The molecule has 0 aliphatic heterocycles. The number of rotatable bonds is 10. The Hall–Kier alpha value is -2.07. The summed E-state index contributed by atoms with van der Waals surface area (Å²) < 4.78 is 5.76. The standard InChI is InChI=1S/C20H26ClN3O/c1-2-3-4-5-6-7-14-25-18-11-9-17(10-12-18)23-24-20-13-8-16(22)15-19(20)21/h8-13,15H,2-7,14,22H2,1H3. The Kier molecular flexibility index (Phi) is 8.26. The zero-order valence-corrected chi connectivity index (χ0v) is 15.5. The molecule has 0 saturated heterocycles. The summed E-state index contributed by atoms with van der Waals surface area (Å²) in [5, 5.41) is 8.83. The molecule has 25 heavy (non-hydrogen) atoms. The molecule has 134 valence electrons. The zero-order chi connectivity index (χ0) is 17.9. The Labute approximate surface area is 155 Å². The molecular formula is C20H26ClN3O. The van der Waals surface area contributed by atoms with Gasteiger partial charge in [0.25, 0.3) is 0 Å². The number of nitrogens with zero attached hydrogens (tertiary/aromatic N) is 2. The summed E-state index contributed by atoms with van der Waals surface area (Å²) >= 11 is 6.08. The molecule has 0 atom stereocenters.